The van der Waals surface area contributed by atoms with Gasteiger partial charge in [-0.2, -0.15) is 0 Å². The first-order valence-electron chi connectivity index (χ1n) is 11.4. The van der Waals surface area contributed by atoms with E-state index in [1.54, 1.807) is 42.0 Å². The number of aromatic nitrogens is 4. The molecule has 0 bridgehead atoms. The fourth-order valence-electron chi connectivity index (χ4n) is 4.72. The van der Waals surface area contributed by atoms with Crippen molar-refractivity contribution in [1.82, 2.24) is 19.5 Å². The Morgan fingerprint density at radius 1 is 1.29 bits per heavy atom. The molecule has 1 N–H and O–H groups in total. The lowest BCUT2D eigenvalue weighted by Crippen LogP contribution is -2.49. The van der Waals surface area contributed by atoms with Crippen LogP contribution in [0.4, 0.5) is 5.82 Å². The van der Waals surface area contributed by atoms with Crippen LogP contribution in [-0.4, -0.2) is 56.3 Å². The molecular weight excluding hydrogens is 450 g/mol. The average molecular weight is 480 g/mol. The second-order valence-electron chi connectivity index (χ2n) is 8.44. The Morgan fingerprint density at radius 2 is 2.03 bits per heavy atom. The zero-order valence-electron chi connectivity index (χ0n) is 20.2. The van der Waals surface area contributed by atoms with Crippen LogP contribution in [0.1, 0.15) is 43.8 Å². The van der Waals surface area contributed by atoms with Crippen molar-refractivity contribution < 1.29 is 23.8 Å². The van der Waals surface area contributed by atoms with Gasteiger partial charge in [-0.25, -0.2) is 15.0 Å². The van der Waals surface area contributed by atoms with Gasteiger partial charge in [0, 0.05) is 25.5 Å². The first-order valence-corrected chi connectivity index (χ1v) is 11.4. The van der Waals surface area contributed by atoms with Gasteiger partial charge in [0.25, 0.3) is 5.91 Å². The Morgan fingerprint density at radius 3 is 2.66 bits per heavy atom. The van der Waals surface area contributed by atoms with E-state index < -0.39 is 30.0 Å². The lowest BCUT2D eigenvalue weighted by molar-refractivity contribution is -0.156. The number of amides is 1. The Bertz CT molecular complexity index is 1230. The summed E-state index contributed by atoms with van der Waals surface area (Å²) in [7, 11) is 1.57. The fourth-order valence-corrected chi connectivity index (χ4v) is 4.72. The molecule has 0 aliphatic carbocycles. The van der Waals surface area contributed by atoms with Crippen LogP contribution < -0.4 is 5.32 Å². The van der Waals surface area contributed by atoms with Crippen LogP contribution in [0.5, 0.6) is 0 Å². The third-order valence-corrected chi connectivity index (χ3v) is 6.53. The SMILES string of the molecule is C=C[C@H](C)[C@@]1(CC)O[C@@H](n2cnc3c(NC(=O)c4ccccc4)ncnc32)[C@H](OC(C)=O)[C@@H]1OC. The number of methoxy groups -OCH3 is 1. The van der Waals surface area contributed by atoms with Crippen molar-refractivity contribution in [3.63, 3.8) is 0 Å². The molecule has 0 unspecified atom stereocenters. The first kappa shape index (κ1) is 24.5. The minimum Gasteiger partial charge on any atom is -0.455 e. The van der Waals surface area contributed by atoms with E-state index in [9.17, 15) is 9.59 Å². The summed E-state index contributed by atoms with van der Waals surface area (Å²) in [5.41, 5.74) is 0.483. The van der Waals surface area contributed by atoms with E-state index in [4.69, 9.17) is 14.2 Å². The number of hydrogen-bond donors (Lipinski definition) is 1. The summed E-state index contributed by atoms with van der Waals surface area (Å²) in [6.45, 7) is 9.25. The van der Waals surface area contributed by atoms with E-state index in [1.807, 2.05) is 19.9 Å². The predicted octanol–water partition coefficient (Wildman–Crippen LogP) is 3.53. The number of hydrogen-bond acceptors (Lipinski definition) is 8. The van der Waals surface area contributed by atoms with Crippen LogP contribution in [0.25, 0.3) is 11.2 Å². The van der Waals surface area contributed by atoms with Crippen LogP contribution in [0.2, 0.25) is 0 Å². The van der Waals surface area contributed by atoms with E-state index in [0.717, 1.165) is 0 Å². The van der Waals surface area contributed by atoms with E-state index in [1.165, 1.54) is 19.6 Å². The summed E-state index contributed by atoms with van der Waals surface area (Å²) < 4.78 is 19.9. The maximum atomic E-state index is 12.7. The molecule has 0 radical (unpaired) electrons. The Balaban J connectivity index is 1.75. The molecule has 3 heterocycles. The fraction of sp³-hybridized carbons (Fsp3) is 0.400. The number of carbonyl (C=O) groups excluding carboxylic acids is 2. The summed E-state index contributed by atoms with van der Waals surface area (Å²) in [5.74, 6) is -0.627. The van der Waals surface area contributed by atoms with Crippen LogP contribution in [-0.2, 0) is 19.0 Å². The molecule has 0 saturated carbocycles. The third-order valence-electron chi connectivity index (χ3n) is 6.53. The van der Waals surface area contributed by atoms with E-state index in [2.05, 4.69) is 26.8 Å². The number of ether oxygens (including phenoxy) is 3. The maximum absolute atomic E-state index is 12.7. The first-order chi connectivity index (χ1) is 16.9. The predicted molar refractivity (Wildman–Crippen MR) is 129 cm³/mol. The minimum absolute atomic E-state index is 0.106. The standard InChI is InChI=1S/C25H29N5O5/c1-6-15(3)25(7-2)20(33-5)19(34-16(4)31)24(35-25)30-14-28-18-21(26-13-27-22(18)30)29-23(32)17-11-9-8-10-12-17/h6,8-15,19-20,24H,1,7H2,2-5H3,(H,26,27,29,32)/t15-,19+,20-,24+,25+/m0/s1. The van der Waals surface area contributed by atoms with Crippen LogP contribution in [0, 0.1) is 5.92 Å². The van der Waals surface area contributed by atoms with Gasteiger partial charge in [0.1, 0.15) is 18.0 Å². The van der Waals surface area contributed by atoms with Gasteiger partial charge in [0.2, 0.25) is 0 Å². The third kappa shape index (κ3) is 4.30. The monoisotopic (exact) mass is 479 g/mol. The van der Waals surface area contributed by atoms with Crippen molar-refractivity contribution in [1.29, 1.82) is 0 Å². The Hall–Kier alpha value is -3.63. The van der Waals surface area contributed by atoms with Crippen molar-refractivity contribution >= 4 is 28.9 Å². The van der Waals surface area contributed by atoms with E-state index in [-0.39, 0.29) is 17.6 Å². The van der Waals surface area contributed by atoms with Crippen molar-refractivity contribution in [2.45, 2.75) is 51.2 Å². The number of anilines is 1. The molecule has 5 atom stereocenters. The molecule has 35 heavy (non-hydrogen) atoms. The molecule has 10 nitrogen and oxygen atoms in total. The lowest BCUT2D eigenvalue weighted by atomic mass is 9.81. The summed E-state index contributed by atoms with van der Waals surface area (Å²) in [6.07, 6.45) is 3.16. The largest absolute Gasteiger partial charge is 0.455 e. The smallest absolute Gasteiger partial charge is 0.303 e. The molecule has 4 rings (SSSR count). The molecule has 1 fully saturated rings. The number of fused-ring (bicyclic) bond motifs is 1. The molecule has 1 aliphatic heterocycles. The second kappa shape index (κ2) is 9.93. The van der Waals surface area contributed by atoms with Crippen molar-refractivity contribution in [3.05, 3.63) is 61.2 Å². The second-order valence-corrected chi connectivity index (χ2v) is 8.44. The Kier molecular flexibility index (Phi) is 6.95. The quantitative estimate of drug-likeness (QED) is 0.385. The molecule has 184 valence electrons. The topological polar surface area (TPSA) is 117 Å². The molecule has 1 saturated heterocycles. The number of carbonyl (C=O) groups is 2. The lowest BCUT2D eigenvalue weighted by Gasteiger charge is -2.37. The summed E-state index contributed by atoms with van der Waals surface area (Å²) >= 11 is 0. The average Bonchev–Trinajstić information content (AvgIpc) is 3.43. The van der Waals surface area contributed by atoms with Gasteiger partial charge in [-0.15, -0.1) is 6.58 Å². The number of nitrogens with one attached hydrogen (secondary N) is 1. The van der Waals surface area contributed by atoms with Gasteiger partial charge in [-0.3, -0.25) is 14.2 Å². The van der Waals surface area contributed by atoms with Crippen molar-refractivity contribution in [3.8, 4) is 0 Å². The number of imidazole rings is 1. The highest BCUT2D eigenvalue weighted by molar-refractivity contribution is 6.06. The van der Waals surface area contributed by atoms with Crippen LogP contribution in [0.3, 0.4) is 0 Å². The van der Waals surface area contributed by atoms with Gasteiger partial charge in [-0.1, -0.05) is 38.1 Å². The number of esters is 1. The molecular formula is C25H29N5O5. The van der Waals surface area contributed by atoms with Crippen molar-refractivity contribution in [2.24, 2.45) is 5.92 Å². The molecule has 0 spiro atoms. The van der Waals surface area contributed by atoms with Gasteiger partial charge < -0.3 is 19.5 Å². The van der Waals surface area contributed by atoms with Gasteiger partial charge >= 0.3 is 5.97 Å². The normalized spacial score (nSPS) is 24.7. The summed E-state index contributed by atoms with van der Waals surface area (Å²) in [4.78, 5) is 37.8. The Labute approximate surface area is 203 Å². The van der Waals surface area contributed by atoms with E-state index >= 15 is 0 Å². The minimum atomic E-state index is -0.796. The molecule has 1 aliphatic rings. The molecule has 1 amide bonds. The number of rotatable bonds is 8. The number of nitrogens with zero attached hydrogens (tertiary/aromatic N) is 4. The van der Waals surface area contributed by atoms with Gasteiger partial charge in [0.05, 0.1) is 6.33 Å². The van der Waals surface area contributed by atoms with Crippen molar-refractivity contribution in [2.75, 3.05) is 12.4 Å². The maximum Gasteiger partial charge on any atom is 0.303 e. The van der Waals surface area contributed by atoms with E-state index in [0.29, 0.717) is 23.1 Å². The zero-order chi connectivity index (χ0) is 25.2. The summed E-state index contributed by atoms with van der Waals surface area (Å²) in [6, 6.07) is 8.81. The highest BCUT2D eigenvalue weighted by atomic mass is 16.6. The van der Waals surface area contributed by atoms with Crippen LogP contribution in [0.15, 0.2) is 55.6 Å². The molecule has 2 aromatic heterocycles. The molecule has 1 aromatic carbocycles. The molecule has 3 aromatic rings. The number of benzene rings is 1. The van der Waals surface area contributed by atoms with Gasteiger partial charge in [0.15, 0.2) is 29.3 Å². The zero-order valence-corrected chi connectivity index (χ0v) is 20.2. The van der Waals surface area contributed by atoms with Crippen LogP contribution >= 0.6 is 0 Å². The molecule has 10 heteroatoms. The highest BCUT2D eigenvalue weighted by Gasteiger charge is 2.59. The van der Waals surface area contributed by atoms with Gasteiger partial charge in [-0.05, 0) is 18.6 Å². The summed E-state index contributed by atoms with van der Waals surface area (Å²) in [5, 5.41) is 2.79. The highest BCUT2D eigenvalue weighted by Crippen LogP contribution is 2.47.